The Morgan fingerprint density at radius 3 is 2.00 bits per heavy atom. The summed E-state index contributed by atoms with van der Waals surface area (Å²) < 4.78 is 0. The predicted octanol–water partition coefficient (Wildman–Crippen LogP) is 1.14. The number of nitrogens with one attached hydrogen (secondary N) is 1. The van der Waals surface area contributed by atoms with Gasteiger partial charge in [0.15, 0.2) is 0 Å². The third-order valence-corrected chi connectivity index (χ3v) is 1.65. The Balaban J connectivity index is 0.000000490. The zero-order chi connectivity index (χ0) is 5.49. The molecule has 3 N–H and O–H groups in total. The average Bonchev–Trinajstić information content (AvgIpc) is 2.21. The number of halogens is 1. The molecule has 0 radical (unpaired) electrons. The minimum Gasteiger partial charge on any atom is -0.387 e. The molecule has 0 spiro atoms. The van der Waals surface area contributed by atoms with E-state index in [0.717, 1.165) is 12.8 Å². The summed E-state index contributed by atoms with van der Waals surface area (Å²) in [6, 6.07) is 0. The lowest BCUT2D eigenvalue weighted by molar-refractivity contribution is 0.786. The summed E-state index contributed by atoms with van der Waals surface area (Å²) in [4.78, 5) is 0. The molecular weight excluding hydrogens is 124 g/mol. The minimum absolute atomic E-state index is 0. The van der Waals surface area contributed by atoms with Gasteiger partial charge in [-0.1, -0.05) is 6.92 Å². The Morgan fingerprint density at radius 1 is 1.62 bits per heavy atom. The van der Waals surface area contributed by atoms with Crippen molar-refractivity contribution in [2.24, 2.45) is 11.1 Å². The molecule has 1 aliphatic rings. The van der Waals surface area contributed by atoms with Crippen LogP contribution in [-0.4, -0.2) is 5.84 Å². The molecular formula is C5H11ClN2. The zero-order valence-corrected chi connectivity index (χ0v) is 5.72. The molecule has 0 aromatic rings. The fourth-order valence-corrected chi connectivity index (χ4v) is 0.457. The second kappa shape index (κ2) is 1.94. The number of hydrogen-bond acceptors (Lipinski definition) is 1. The molecule has 1 saturated carbocycles. The molecule has 0 aromatic heterocycles. The number of amidine groups is 1. The van der Waals surface area contributed by atoms with Gasteiger partial charge in [0.05, 0.1) is 5.84 Å². The summed E-state index contributed by atoms with van der Waals surface area (Å²) in [6.07, 6.45) is 2.23. The van der Waals surface area contributed by atoms with Gasteiger partial charge in [0, 0.05) is 5.41 Å². The molecule has 0 saturated heterocycles. The van der Waals surface area contributed by atoms with Crippen LogP contribution in [0.3, 0.4) is 0 Å². The Kier molecular flexibility index (Phi) is 1.88. The van der Waals surface area contributed by atoms with Crippen molar-refractivity contribution < 1.29 is 0 Å². The lowest BCUT2D eigenvalue weighted by atomic mass is 10.1. The number of rotatable bonds is 1. The Labute approximate surface area is 55.4 Å². The van der Waals surface area contributed by atoms with Crippen LogP contribution in [0.15, 0.2) is 0 Å². The van der Waals surface area contributed by atoms with E-state index in [1.165, 1.54) is 0 Å². The lowest BCUT2D eigenvalue weighted by Gasteiger charge is -2.00. The third kappa shape index (κ3) is 1.13. The van der Waals surface area contributed by atoms with Gasteiger partial charge in [-0.25, -0.2) is 0 Å². The van der Waals surface area contributed by atoms with Crippen LogP contribution in [0.4, 0.5) is 0 Å². The van der Waals surface area contributed by atoms with Crippen LogP contribution in [-0.2, 0) is 0 Å². The van der Waals surface area contributed by atoms with Gasteiger partial charge >= 0.3 is 0 Å². The summed E-state index contributed by atoms with van der Waals surface area (Å²) >= 11 is 0. The summed E-state index contributed by atoms with van der Waals surface area (Å²) in [5.74, 6) is 0.354. The first-order valence-corrected chi connectivity index (χ1v) is 2.50. The fourth-order valence-electron chi connectivity index (χ4n) is 0.457. The van der Waals surface area contributed by atoms with Gasteiger partial charge in [-0.15, -0.1) is 12.4 Å². The van der Waals surface area contributed by atoms with Crippen LogP contribution in [0.1, 0.15) is 19.8 Å². The standard InChI is InChI=1S/C5H10N2.ClH/c1-5(2-3-5)4(6)7;/h2-3H2,1H3,(H3,6,7);1H. The van der Waals surface area contributed by atoms with Crippen LogP contribution in [0.5, 0.6) is 0 Å². The summed E-state index contributed by atoms with van der Waals surface area (Å²) in [5.41, 5.74) is 5.33. The van der Waals surface area contributed by atoms with Gasteiger partial charge in [0.2, 0.25) is 0 Å². The maximum atomic E-state index is 6.99. The summed E-state index contributed by atoms with van der Waals surface area (Å²) in [7, 11) is 0. The van der Waals surface area contributed by atoms with E-state index in [0.29, 0.717) is 5.84 Å². The predicted molar refractivity (Wildman–Crippen MR) is 36.5 cm³/mol. The van der Waals surface area contributed by atoms with E-state index >= 15 is 0 Å². The van der Waals surface area contributed by atoms with Crippen molar-refractivity contribution in [1.82, 2.24) is 0 Å². The minimum atomic E-state index is 0. The summed E-state index contributed by atoms with van der Waals surface area (Å²) in [5, 5.41) is 6.99. The molecule has 0 heterocycles. The SMILES string of the molecule is CC1(C(=N)N)CC1.Cl. The largest absolute Gasteiger partial charge is 0.387 e. The second-order valence-corrected chi connectivity index (χ2v) is 2.47. The van der Waals surface area contributed by atoms with Crippen LogP contribution in [0.2, 0.25) is 0 Å². The molecule has 1 fully saturated rings. The number of hydrogen-bond donors (Lipinski definition) is 2. The van der Waals surface area contributed by atoms with Gasteiger partial charge in [0.25, 0.3) is 0 Å². The van der Waals surface area contributed by atoms with Crippen molar-refractivity contribution in [3.63, 3.8) is 0 Å². The van der Waals surface area contributed by atoms with E-state index in [9.17, 15) is 0 Å². The quantitative estimate of drug-likeness (QED) is 0.410. The van der Waals surface area contributed by atoms with E-state index in [-0.39, 0.29) is 17.8 Å². The topological polar surface area (TPSA) is 49.9 Å². The Morgan fingerprint density at radius 2 is 2.00 bits per heavy atom. The van der Waals surface area contributed by atoms with Crippen molar-refractivity contribution in [3.8, 4) is 0 Å². The van der Waals surface area contributed by atoms with Crippen LogP contribution in [0, 0.1) is 10.8 Å². The maximum Gasteiger partial charge on any atom is 0.0965 e. The highest BCUT2D eigenvalue weighted by atomic mass is 35.5. The molecule has 2 nitrogen and oxygen atoms in total. The highest BCUT2D eigenvalue weighted by Gasteiger charge is 2.40. The first-order chi connectivity index (χ1) is 3.15. The van der Waals surface area contributed by atoms with Gasteiger partial charge in [0.1, 0.15) is 0 Å². The van der Waals surface area contributed by atoms with E-state index in [2.05, 4.69) is 0 Å². The van der Waals surface area contributed by atoms with E-state index in [1.807, 2.05) is 6.92 Å². The highest BCUT2D eigenvalue weighted by molar-refractivity contribution is 5.85. The molecule has 0 aliphatic heterocycles. The van der Waals surface area contributed by atoms with Crippen molar-refractivity contribution in [1.29, 1.82) is 5.41 Å². The molecule has 0 aromatic carbocycles. The average molecular weight is 135 g/mol. The fraction of sp³-hybridized carbons (Fsp3) is 0.800. The van der Waals surface area contributed by atoms with Crippen LogP contribution >= 0.6 is 12.4 Å². The molecule has 0 bridgehead atoms. The first-order valence-electron chi connectivity index (χ1n) is 2.50. The number of nitrogens with two attached hydrogens (primary N) is 1. The van der Waals surface area contributed by atoms with Gasteiger partial charge in [-0.3, -0.25) is 5.41 Å². The molecule has 0 amide bonds. The maximum absolute atomic E-state index is 6.99. The molecule has 1 rings (SSSR count). The smallest absolute Gasteiger partial charge is 0.0965 e. The molecule has 3 heteroatoms. The van der Waals surface area contributed by atoms with Crippen molar-refractivity contribution >= 4 is 18.2 Å². The van der Waals surface area contributed by atoms with Gasteiger partial charge in [-0.05, 0) is 12.8 Å². The van der Waals surface area contributed by atoms with Crippen molar-refractivity contribution in [2.75, 3.05) is 0 Å². The Hall–Kier alpha value is -0.240. The van der Waals surface area contributed by atoms with E-state index < -0.39 is 0 Å². The molecule has 0 atom stereocenters. The third-order valence-electron chi connectivity index (χ3n) is 1.65. The van der Waals surface area contributed by atoms with Gasteiger partial charge < -0.3 is 5.73 Å². The molecule has 0 unspecified atom stereocenters. The normalized spacial score (nSPS) is 21.1. The highest BCUT2D eigenvalue weighted by Crippen LogP contribution is 2.44. The van der Waals surface area contributed by atoms with Crippen LogP contribution < -0.4 is 5.73 Å². The van der Waals surface area contributed by atoms with Gasteiger partial charge in [-0.2, -0.15) is 0 Å². The zero-order valence-electron chi connectivity index (χ0n) is 4.90. The van der Waals surface area contributed by atoms with E-state index in [1.54, 1.807) is 0 Å². The lowest BCUT2D eigenvalue weighted by Crippen LogP contribution is -2.20. The molecule has 8 heavy (non-hydrogen) atoms. The molecule has 1 aliphatic carbocycles. The molecule has 48 valence electrons. The van der Waals surface area contributed by atoms with E-state index in [4.69, 9.17) is 11.1 Å². The van der Waals surface area contributed by atoms with Crippen molar-refractivity contribution in [2.45, 2.75) is 19.8 Å². The van der Waals surface area contributed by atoms with Crippen LogP contribution in [0.25, 0.3) is 0 Å². The van der Waals surface area contributed by atoms with Crippen molar-refractivity contribution in [3.05, 3.63) is 0 Å². The summed E-state index contributed by atoms with van der Waals surface area (Å²) in [6.45, 7) is 2.02. The second-order valence-electron chi connectivity index (χ2n) is 2.47. The first kappa shape index (κ1) is 7.76. The Bertz CT molecular complexity index is 107. The monoisotopic (exact) mass is 134 g/mol.